The second-order valence-electron chi connectivity index (χ2n) is 5.81. The molecule has 4 heteroatoms. The van der Waals surface area contributed by atoms with E-state index in [4.69, 9.17) is 4.74 Å². The number of para-hydroxylation sites is 1. The molecule has 3 aromatic rings. The number of hydrogen-bond acceptors (Lipinski definition) is 2. The van der Waals surface area contributed by atoms with Crippen LogP contribution >= 0.6 is 15.9 Å². The largest absolute Gasteiger partial charge is 0.488 e. The quantitative estimate of drug-likeness (QED) is 0.541. The summed E-state index contributed by atoms with van der Waals surface area (Å²) in [4.78, 5) is 0. The lowest BCUT2D eigenvalue weighted by atomic mass is 10.1. The molecule has 0 aliphatic heterocycles. The lowest BCUT2D eigenvalue weighted by molar-refractivity contribution is 0.298. The van der Waals surface area contributed by atoms with Crippen molar-refractivity contribution in [1.82, 2.24) is 0 Å². The van der Waals surface area contributed by atoms with Crippen molar-refractivity contribution in [2.75, 3.05) is 5.32 Å². The molecule has 0 fully saturated rings. The van der Waals surface area contributed by atoms with Crippen LogP contribution in [0.15, 0.2) is 71.2 Å². The summed E-state index contributed by atoms with van der Waals surface area (Å²) in [6.45, 7) is 3.00. The molecule has 0 heterocycles. The topological polar surface area (TPSA) is 21.3 Å². The van der Waals surface area contributed by atoms with Gasteiger partial charge in [0.05, 0.1) is 4.47 Å². The van der Waals surface area contributed by atoms with Crippen LogP contribution in [0.5, 0.6) is 5.75 Å². The van der Waals surface area contributed by atoms with Crippen molar-refractivity contribution in [3.05, 3.63) is 93.7 Å². The maximum Gasteiger partial charge on any atom is 0.134 e. The molecule has 0 bridgehead atoms. The summed E-state index contributed by atoms with van der Waals surface area (Å²) in [5.74, 6) is 0.445. The molecule has 0 aliphatic carbocycles. The Balaban J connectivity index is 1.63. The third kappa shape index (κ3) is 4.60. The molecule has 0 unspecified atom stereocenters. The summed E-state index contributed by atoms with van der Waals surface area (Å²) in [5.41, 5.74) is 4.01. The fourth-order valence-electron chi connectivity index (χ4n) is 2.51. The second kappa shape index (κ2) is 8.17. The van der Waals surface area contributed by atoms with Gasteiger partial charge in [-0.05, 0) is 58.2 Å². The number of aryl methyl sites for hydroxylation is 1. The Kier molecular flexibility index (Phi) is 5.71. The van der Waals surface area contributed by atoms with Crippen LogP contribution < -0.4 is 10.1 Å². The smallest absolute Gasteiger partial charge is 0.134 e. The Morgan fingerprint density at radius 3 is 2.52 bits per heavy atom. The number of anilines is 1. The lowest BCUT2D eigenvalue weighted by Gasteiger charge is -2.12. The van der Waals surface area contributed by atoms with Gasteiger partial charge < -0.3 is 10.1 Å². The van der Waals surface area contributed by atoms with Crippen molar-refractivity contribution >= 4 is 21.6 Å². The van der Waals surface area contributed by atoms with Crippen LogP contribution in [0.2, 0.25) is 0 Å². The monoisotopic (exact) mass is 399 g/mol. The zero-order chi connectivity index (χ0) is 17.6. The minimum Gasteiger partial charge on any atom is -0.488 e. The number of ether oxygens (including phenoxy) is 1. The molecular formula is C21H19BrFNO. The van der Waals surface area contributed by atoms with E-state index in [1.165, 1.54) is 11.6 Å². The molecule has 2 nitrogen and oxygen atoms in total. The molecule has 0 spiro atoms. The molecule has 0 amide bonds. The van der Waals surface area contributed by atoms with Gasteiger partial charge in [0.25, 0.3) is 0 Å². The Hall–Kier alpha value is -2.33. The molecule has 0 saturated carbocycles. The third-order valence-corrected chi connectivity index (χ3v) is 4.59. The van der Waals surface area contributed by atoms with Crippen LogP contribution in [0.25, 0.3) is 0 Å². The Morgan fingerprint density at radius 2 is 1.76 bits per heavy atom. The van der Waals surface area contributed by atoms with Crippen LogP contribution in [0.4, 0.5) is 10.1 Å². The van der Waals surface area contributed by atoms with E-state index in [1.807, 2.05) is 30.3 Å². The number of halogens is 2. The first-order valence-electron chi connectivity index (χ1n) is 8.07. The molecular weight excluding hydrogens is 381 g/mol. The van der Waals surface area contributed by atoms with Crippen LogP contribution in [0.3, 0.4) is 0 Å². The van der Waals surface area contributed by atoms with Crippen molar-refractivity contribution < 1.29 is 9.13 Å². The van der Waals surface area contributed by atoms with E-state index in [1.54, 1.807) is 18.2 Å². The zero-order valence-corrected chi connectivity index (χ0v) is 15.5. The van der Waals surface area contributed by atoms with Gasteiger partial charge in [0.1, 0.15) is 18.2 Å². The molecule has 0 aromatic heterocycles. The van der Waals surface area contributed by atoms with Crippen molar-refractivity contribution in [3.63, 3.8) is 0 Å². The van der Waals surface area contributed by atoms with E-state index < -0.39 is 0 Å². The maximum absolute atomic E-state index is 13.7. The highest BCUT2D eigenvalue weighted by Crippen LogP contribution is 2.27. The van der Waals surface area contributed by atoms with Gasteiger partial charge in [-0.25, -0.2) is 4.39 Å². The number of rotatable bonds is 6. The molecule has 25 heavy (non-hydrogen) atoms. The highest BCUT2D eigenvalue weighted by Gasteiger charge is 2.06. The summed E-state index contributed by atoms with van der Waals surface area (Å²) < 4.78 is 20.2. The average molecular weight is 400 g/mol. The van der Waals surface area contributed by atoms with Crippen LogP contribution in [-0.2, 0) is 13.2 Å². The fraction of sp³-hybridized carbons (Fsp3) is 0.143. The summed E-state index contributed by atoms with van der Waals surface area (Å²) in [6.07, 6.45) is 0. The van der Waals surface area contributed by atoms with E-state index in [-0.39, 0.29) is 12.4 Å². The van der Waals surface area contributed by atoms with Crippen molar-refractivity contribution in [2.45, 2.75) is 20.1 Å². The summed E-state index contributed by atoms with van der Waals surface area (Å²) in [7, 11) is 0. The SMILES string of the molecule is Cc1ccccc1NCc1ccc(OCc2ccccc2F)c(Br)c1. The van der Waals surface area contributed by atoms with E-state index >= 15 is 0 Å². The fourth-order valence-corrected chi connectivity index (χ4v) is 3.05. The van der Waals surface area contributed by atoms with E-state index in [2.05, 4.69) is 40.3 Å². The van der Waals surface area contributed by atoms with Crippen molar-refractivity contribution in [1.29, 1.82) is 0 Å². The van der Waals surface area contributed by atoms with Crippen molar-refractivity contribution in [3.8, 4) is 5.75 Å². The maximum atomic E-state index is 13.7. The van der Waals surface area contributed by atoms with Gasteiger partial charge >= 0.3 is 0 Å². The zero-order valence-electron chi connectivity index (χ0n) is 13.9. The number of nitrogens with one attached hydrogen (secondary N) is 1. The van der Waals surface area contributed by atoms with Gasteiger partial charge in [-0.2, -0.15) is 0 Å². The Labute approximate surface area is 155 Å². The summed E-state index contributed by atoms with van der Waals surface area (Å²) in [6, 6.07) is 20.8. The molecule has 128 valence electrons. The van der Waals surface area contributed by atoms with Gasteiger partial charge in [0.15, 0.2) is 0 Å². The van der Waals surface area contributed by atoms with Gasteiger partial charge in [0, 0.05) is 17.8 Å². The minimum atomic E-state index is -0.252. The number of benzene rings is 3. The van der Waals surface area contributed by atoms with Gasteiger partial charge in [-0.3, -0.25) is 0 Å². The highest BCUT2D eigenvalue weighted by molar-refractivity contribution is 9.10. The first kappa shape index (κ1) is 17.5. The van der Waals surface area contributed by atoms with Crippen LogP contribution in [-0.4, -0.2) is 0 Å². The van der Waals surface area contributed by atoms with Crippen LogP contribution in [0, 0.1) is 12.7 Å². The molecule has 0 aliphatic rings. The highest BCUT2D eigenvalue weighted by atomic mass is 79.9. The summed E-state index contributed by atoms with van der Waals surface area (Å²) in [5, 5.41) is 3.43. The Morgan fingerprint density at radius 1 is 1.00 bits per heavy atom. The molecule has 3 rings (SSSR count). The molecule has 3 aromatic carbocycles. The average Bonchev–Trinajstić information content (AvgIpc) is 2.61. The first-order chi connectivity index (χ1) is 12.1. The minimum absolute atomic E-state index is 0.200. The molecule has 0 atom stereocenters. The molecule has 1 N–H and O–H groups in total. The van der Waals surface area contributed by atoms with Gasteiger partial charge in [-0.15, -0.1) is 0 Å². The van der Waals surface area contributed by atoms with Gasteiger partial charge in [0.2, 0.25) is 0 Å². The summed E-state index contributed by atoms with van der Waals surface area (Å²) >= 11 is 3.53. The van der Waals surface area contributed by atoms with E-state index in [0.29, 0.717) is 11.3 Å². The van der Waals surface area contributed by atoms with E-state index in [9.17, 15) is 4.39 Å². The van der Waals surface area contributed by atoms with Crippen molar-refractivity contribution in [2.24, 2.45) is 0 Å². The predicted octanol–water partition coefficient (Wildman–Crippen LogP) is 6.09. The number of hydrogen-bond donors (Lipinski definition) is 1. The predicted molar refractivity (Wildman–Crippen MR) is 103 cm³/mol. The normalized spacial score (nSPS) is 10.5. The molecule has 0 radical (unpaired) electrons. The van der Waals surface area contributed by atoms with Gasteiger partial charge in [-0.1, -0.05) is 42.5 Å². The van der Waals surface area contributed by atoms with Crippen LogP contribution in [0.1, 0.15) is 16.7 Å². The molecule has 0 saturated heterocycles. The lowest BCUT2D eigenvalue weighted by Crippen LogP contribution is -2.02. The second-order valence-corrected chi connectivity index (χ2v) is 6.67. The van der Waals surface area contributed by atoms with E-state index in [0.717, 1.165) is 22.3 Å². The standard InChI is InChI=1S/C21H19BrFNO/c1-15-6-2-5-9-20(15)24-13-16-10-11-21(18(22)12-16)25-14-17-7-3-4-8-19(17)23/h2-12,24H,13-14H2,1H3. The first-order valence-corrected chi connectivity index (χ1v) is 8.87. The Bertz CT molecular complexity index is 866. The third-order valence-electron chi connectivity index (χ3n) is 3.97.